The number of hydrogen-bond donors (Lipinski definition) is 0. The fourth-order valence-corrected chi connectivity index (χ4v) is 12.5. The van der Waals surface area contributed by atoms with Crippen LogP contribution in [0.25, 0.3) is 95.3 Å². The van der Waals surface area contributed by atoms with Crippen molar-refractivity contribution in [2.45, 2.75) is 5.41 Å². The van der Waals surface area contributed by atoms with Gasteiger partial charge >= 0.3 is 0 Å². The van der Waals surface area contributed by atoms with Crippen molar-refractivity contribution in [2.24, 2.45) is 0 Å². The summed E-state index contributed by atoms with van der Waals surface area (Å²) in [5, 5.41) is 2.40. The number of para-hydroxylation sites is 2. The number of rotatable bonds is 12. The summed E-state index contributed by atoms with van der Waals surface area (Å²) in [7, 11) is 0. The van der Waals surface area contributed by atoms with Gasteiger partial charge in [-0.3, -0.25) is 0 Å². The first-order valence-electron chi connectivity index (χ1n) is 27.1. The highest BCUT2D eigenvalue weighted by Gasteiger charge is 2.46. The fraction of sp³-hybridized carbons (Fsp3) is 0.0130. The standard InChI is InChI=1S/C77H54N2/c1-3-53-32-36-57(37-33-53)58-40-48-75-70(50-58)71-51-59(41-49-76(71)79(75)62-24-12-7-13-25-62)65-26-14-15-27-66(65)69-29-17-19-31-74(69)78(63-44-38-56(39-45-63)55-20-8-5-9-21-55)64-46-47-68-67-28-16-18-30-72(67)77(73(68)52-64,60-22-10-6-11-23-60)61-42-34-54(4-2)35-43-61/h3-52H,1-2H2. The Morgan fingerprint density at radius 1 is 0.316 bits per heavy atom. The van der Waals surface area contributed by atoms with Crippen molar-refractivity contribution in [1.82, 2.24) is 4.57 Å². The van der Waals surface area contributed by atoms with Crippen LogP contribution in [0.15, 0.2) is 304 Å². The molecule has 0 aliphatic heterocycles. The van der Waals surface area contributed by atoms with E-state index in [1.54, 1.807) is 0 Å². The Morgan fingerprint density at radius 3 is 1.47 bits per heavy atom. The third-order valence-electron chi connectivity index (χ3n) is 16.2. The fourth-order valence-electron chi connectivity index (χ4n) is 12.5. The Bertz CT molecular complexity index is 4420. The van der Waals surface area contributed by atoms with Gasteiger partial charge in [-0.15, -0.1) is 0 Å². The predicted molar refractivity (Wildman–Crippen MR) is 335 cm³/mol. The van der Waals surface area contributed by atoms with Crippen LogP contribution in [-0.2, 0) is 5.41 Å². The van der Waals surface area contributed by atoms with Crippen molar-refractivity contribution in [1.29, 1.82) is 0 Å². The lowest BCUT2D eigenvalue weighted by molar-refractivity contribution is 0.768. The quantitative estimate of drug-likeness (QED) is 0.118. The lowest BCUT2D eigenvalue weighted by atomic mass is 9.67. The molecule has 0 spiro atoms. The Morgan fingerprint density at radius 2 is 0.785 bits per heavy atom. The summed E-state index contributed by atoms with van der Waals surface area (Å²) in [5.41, 5.74) is 25.0. The Kier molecular flexibility index (Phi) is 11.8. The molecule has 1 unspecified atom stereocenters. The number of fused-ring (bicyclic) bond motifs is 6. The molecule has 12 aromatic carbocycles. The maximum absolute atomic E-state index is 4.11. The van der Waals surface area contributed by atoms with Gasteiger partial charge < -0.3 is 9.47 Å². The summed E-state index contributed by atoms with van der Waals surface area (Å²) in [6, 6.07) is 107. The van der Waals surface area contributed by atoms with Gasteiger partial charge in [-0.25, -0.2) is 0 Å². The highest BCUT2D eigenvalue weighted by atomic mass is 15.1. The Balaban J connectivity index is 0.971. The van der Waals surface area contributed by atoms with Gasteiger partial charge in [0.2, 0.25) is 0 Å². The van der Waals surface area contributed by atoms with E-state index in [0.29, 0.717) is 0 Å². The van der Waals surface area contributed by atoms with Gasteiger partial charge in [0.05, 0.1) is 22.1 Å². The molecule has 13 aromatic rings. The minimum atomic E-state index is -0.600. The van der Waals surface area contributed by atoms with Crippen LogP contribution < -0.4 is 4.90 Å². The van der Waals surface area contributed by atoms with Crippen molar-refractivity contribution in [2.75, 3.05) is 4.90 Å². The molecule has 1 aromatic heterocycles. The van der Waals surface area contributed by atoms with Crippen molar-refractivity contribution < 1.29 is 0 Å². The lowest BCUT2D eigenvalue weighted by Gasteiger charge is -2.35. The number of nitrogens with zero attached hydrogens (tertiary/aromatic N) is 2. The monoisotopic (exact) mass is 1010 g/mol. The lowest BCUT2D eigenvalue weighted by Crippen LogP contribution is -2.28. The third-order valence-corrected chi connectivity index (χ3v) is 16.2. The summed E-state index contributed by atoms with van der Waals surface area (Å²) < 4.78 is 2.40. The summed E-state index contributed by atoms with van der Waals surface area (Å²) in [6.07, 6.45) is 3.82. The summed E-state index contributed by atoms with van der Waals surface area (Å²) in [4.78, 5) is 2.47. The van der Waals surface area contributed by atoms with E-state index in [0.717, 1.165) is 61.6 Å². The Hall–Kier alpha value is -10.3. The maximum Gasteiger partial charge on any atom is 0.0714 e. The van der Waals surface area contributed by atoms with Crippen molar-refractivity contribution in [3.05, 3.63) is 338 Å². The molecule has 0 bridgehead atoms. The molecule has 1 aliphatic carbocycles. The number of aromatic nitrogens is 1. The molecule has 2 heteroatoms. The molecular weight excluding hydrogens is 953 g/mol. The Labute approximate surface area is 462 Å². The molecule has 79 heavy (non-hydrogen) atoms. The molecule has 1 aliphatic rings. The third kappa shape index (κ3) is 7.96. The van der Waals surface area contributed by atoms with Crippen LogP contribution in [0.1, 0.15) is 33.4 Å². The molecule has 372 valence electrons. The van der Waals surface area contributed by atoms with Crippen molar-refractivity contribution >= 4 is 51.0 Å². The zero-order valence-corrected chi connectivity index (χ0v) is 43.7. The smallest absolute Gasteiger partial charge is 0.0714 e. The molecule has 1 heterocycles. The molecule has 2 nitrogen and oxygen atoms in total. The van der Waals surface area contributed by atoms with Crippen LogP contribution in [0.2, 0.25) is 0 Å². The van der Waals surface area contributed by atoms with E-state index < -0.39 is 5.41 Å². The van der Waals surface area contributed by atoms with Gasteiger partial charge in [-0.1, -0.05) is 250 Å². The summed E-state index contributed by atoms with van der Waals surface area (Å²) in [6.45, 7) is 8.10. The normalized spacial score (nSPS) is 13.5. The molecule has 0 amide bonds. The number of benzene rings is 12. The van der Waals surface area contributed by atoms with E-state index in [4.69, 9.17) is 0 Å². The van der Waals surface area contributed by atoms with Gasteiger partial charge in [0.25, 0.3) is 0 Å². The minimum absolute atomic E-state index is 0.600. The van der Waals surface area contributed by atoms with Crippen molar-refractivity contribution in [3.63, 3.8) is 0 Å². The van der Waals surface area contributed by atoms with Crippen LogP contribution in [0.3, 0.4) is 0 Å². The molecule has 0 fully saturated rings. The van der Waals surface area contributed by atoms with Crippen LogP contribution in [0, 0.1) is 0 Å². The average molecular weight is 1010 g/mol. The highest BCUT2D eigenvalue weighted by molar-refractivity contribution is 6.12. The molecule has 14 rings (SSSR count). The molecule has 0 N–H and O–H groups in total. The summed E-state index contributed by atoms with van der Waals surface area (Å²) in [5.74, 6) is 0. The van der Waals surface area contributed by atoms with E-state index in [1.165, 1.54) is 71.9 Å². The van der Waals surface area contributed by atoms with Crippen LogP contribution in [0.5, 0.6) is 0 Å². The average Bonchev–Trinajstić information content (AvgIpc) is 4.00. The van der Waals surface area contributed by atoms with Gasteiger partial charge in [0.1, 0.15) is 0 Å². The van der Waals surface area contributed by atoms with E-state index >= 15 is 0 Å². The number of hydrogen-bond acceptors (Lipinski definition) is 1. The van der Waals surface area contributed by atoms with Crippen LogP contribution >= 0.6 is 0 Å². The van der Waals surface area contributed by atoms with Crippen molar-refractivity contribution in [3.8, 4) is 61.3 Å². The molecule has 0 saturated carbocycles. The minimum Gasteiger partial charge on any atom is -0.310 e. The first-order valence-corrected chi connectivity index (χ1v) is 27.1. The molecular formula is C77H54N2. The molecule has 1 atom stereocenters. The second kappa shape index (κ2) is 19.7. The first-order chi connectivity index (χ1) is 39.1. The maximum atomic E-state index is 4.11. The first kappa shape index (κ1) is 47.2. The van der Waals surface area contributed by atoms with E-state index in [9.17, 15) is 0 Å². The molecule has 0 radical (unpaired) electrons. The van der Waals surface area contributed by atoms with Gasteiger partial charge in [0, 0.05) is 33.4 Å². The zero-order chi connectivity index (χ0) is 52.9. The predicted octanol–water partition coefficient (Wildman–Crippen LogP) is 20.6. The highest BCUT2D eigenvalue weighted by Crippen LogP contribution is 2.58. The molecule has 0 saturated heterocycles. The second-order valence-electron chi connectivity index (χ2n) is 20.5. The largest absolute Gasteiger partial charge is 0.310 e. The van der Waals surface area contributed by atoms with Crippen LogP contribution in [-0.4, -0.2) is 4.57 Å². The SMILES string of the molecule is C=Cc1ccc(-c2ccc3c(c2)c2cc(-c4ccccc4-c4ccccc4N(c4ccc(-c5ccccc5)cc4)c4ccc5c(c4)C(c4ccccc4)(c4ccc(C=C)cc4)c4ccccc4-5)ccc2n3-c2ccccc2)cc1. The number of anilines is 3. The van der Waals surface area contributed by atoms with Crippen LogP contribution in [0.4, 0.5) is 17.1 Å². The topological polar surface area (TPSA) is 8.17 Å². The zero-order valence-electron chi connectivity index (χ0n) is 43.7. The van der Waals surface area contributed by atoms with Gasteiger partial charge in [-0.2, -0.15) is 0 Å². The van der Waals surface area contributed by atoms with E-state index in [1.807, 2.05) is 12.2 Å². The second-order valence-corrected chi connectivity index (χ2v) is 20.5. The van der Waals surface area contributed by atoms with Gasteiger partial charge in [-0.05, 0) is 150 Å². The van der Waals surface area contributed by atoms with E-state index in [-0.39, 0.29) is 0 Å². The summed E-state index contributed by atoms with van der Waals surface area (Å²) >= 11 is 0. The van der Waals surface area contributed by atoms with Gasteiger partial charge in [0.15, 0.2) is 0 Å². The van der Waals surface area contributed by atoms with E-state index in [2.05, 4.69) is 314 Å².